The van der Waals surface area contributed by atoms with Crippen LogP contribution in [-0.4, -0.2) is 44.0 Å². The van der Waals surface area contributed by atoms with Crippen LogP contribution >= 0.6 is 0 Å². The molecule has 6 nitrogen and oxygen atoms in total. The fourth-order valence-electron chi connectivity index (χ4n) is 3.22. The molecule has 2 aromatic rings. The summed E-state index contributed by atoms with van der Waals surface area (Å²) in [6.07, 6.45) is 2.12. The Bertz CT molecular complexity index is 815. The second kappa shape index (κ2) is 8.12. The zero-order valence-corrected chi connectivity index (χ0v) is 15.9. The highest BCUT2D eigenvalue weighted by atomic mass is 16.5. The predicted octanol–water partition coefficient (Wildman–Crippen LogP) is 3.50. The Morgan fingerprint density at radius 3 is 2.00 bits per heavy atom. The molecule has 1 heterocycles. The molecule has 1 aliphatic rings. The summed E-state index contributed by atoms with van der Waals surface area (Å²) < 4.78 is 10.6. The van der Waals surface area contributed by atoms with Crippen LogP contribution in [0.1, 0.15) is 39.1 Å². The average molecular weight is 368 g/mol. The van der Waals surface area contributed by atoms with Crippen molar-refractivity contribution in [1.29, 1.82) is 0 Å². The van der Waals surface area contributed by atoms with E-state index in [1.165, 1.54) is 0 Å². The molecule has 1 saturated heterocycles. The lowest BCUT2D eigenvalue weighted by atomic mass is 10.1. The van der Waals surface area contributed by atoms with E-state index in [0.717, 1.165) is 31.5 Å². The summed E-state index contributed by atoms with van der Waals surface area (Å²) in [4.78, 5) is 26.8. The van der Waals surface area contributed by atoms with Crippen LogP contribution < -0.4 is 14.8 Å². The van der Waals surface area contributed by atoms with Gasteiger partial charge < -0.3 is 19.7 Å². The summed E-state index contributed by atoms with van der Waals surface area (Å²) in [6.45, 7) is 3.50. The van der Waals surface area contributed by atoms with Gasteiger partial charge in [-0.1, -0.05) is 0 Å². The molecule has 1 aliphatic heterocycles. The Hall–Kier alpha value is -3.02. The topological polar surface area (TPSA) is 67.9 Å². The first-order chi connectivity index (χ1) is 13.0. The quantitative estimate of drug-likeness (QED) is 0.877. The maximum absolute atomic E-state index is 12.6. The van der Waals surface area contributed by atoms with Crippen LogP contribution in [0.25, 0.3) is 0 Å². The molecule has 3 rings (SSSR count). The van der Waals surface area contributed by atoms with Gasteiger partial charge in [-0.15, -0.1) is 0 Å². The molecule has 0 saturated carbocycles. The van der Waals surface area contributed by atoms with Crippen LogP contribution in [0.15, 0.2) is 36.4 Å². The molecule has 0 radical (unpaired) electrons. The van der Waals surface area contributed by atoms with Crippen LogP contribution in [0.3, 0.4) is 0 Å². The van der Waals surface area contributed by atoms with Gasteiger partial charge in [-0.25, -0.2) is 0 Å². The van der Waals surface area contributed by atoms with Gasteiger partial charge in [0, 0.05) is 35.5 Å². The summed E-state index contributed by atoms with van der Waals surface area (Å²) in [5.41, 5.74) is 2.53. The molecular formula is C21H24N2O4. The largest absolute Gasteiger partial charge is 0.496 e. The molecule has 0 aliphatic carbocycles. The number of carbonyl (C=O) groups excluding carboxylic acids is 2. The number of ether oxygens (including phenoxy) is 2. The maximum Gasteiger partial charge on any atom is 0.255 e. The van der Waals surface area contributed by atoms with E-state index in [0.29, 0.717) is 28.3 Å². The van der Waals surface area contributed by atoms with E-state index in [4.69, 9.17) is 9.47 Å². The molecule has 1 fully saturated rings. The third-order valence-corrected chi connectivity index (χ3v) is 4.80. The van der Waals surface area contributed by atoms with Crippen LogP contribution in [0, 0.1) is 6.92 Å². The lowest BCUT2D eigenvalue weighted by molar-refractivity contribution is 0.0792. The Labute approximate surface area is 159 Å². The fraction of sp³-hybridized carbons (Fsp3) is 0.333. The summed E-state index contributed by atoms with van der Waals surface area (Å²) in [7, 11) is 3.11. The number of methoxy groups -OCH3 is 2. The van der Waals surface area contributed by atoms with Gasteiger partial charge in [0.25, 0.3) is 11.8 Å². The van der Waals surface area contributed by atoms with Crippen LogP contribution in [0.2, 0.25) is 0 Å². The summed E-state index contributed by atoms with van der Waals surface area (Å²) in [5.74, 6) is 0.945. The minimum absolute atomic E-state index is 0.0402. The van der Waals surface area contributed by atoms with Crippen LogP contribution in [0.5, 0.6) is 11.5 Å². The van der Waals surface area contributed by atoms with Crippen molar-refractivity contribution < 1.29 is 19.1 Å². The first-order valence-corrected chi connectivity index (χ1v) is 8.97. The SMILES string of the molecule is COc1cc(C(=O)Nc2ccc(C(=O)N3CCCC3)cc2)cc(OC)c1C. The first-order valence-electron chi connectivity index (χ1n) is 8.97. The molecule has 0 aromatic heterocycles. The lowest BCUT2D eigenvalue weighted by Gasteiger charge is -2.15. The van der Waals surface area contributed by atoms with Gasteiger partial charge >= 0.3 is 0 Å². The van der Waals surface area contributed by atoms with E-state index < -0.39 is 0 Å². The van der Waals surface area contributed by atoms with Gasteiger partial charge in [-0.3, -0.25) is 9.59 Å². The zero-order chi connectivity index (χ0) is 19.4. The molecule has 2 aromatic carbocycles. The summed E-state index contributed by atoms with van der Waals surface area (Å²) in [6, 6.07) is 10.3. The van der Waals surface area contributed by atoms with Crippen molar-refractivity contribution in [3.05, 3.63) is 53.1 Å². The summed E-state index contributed by atoms with van der Waals surface area (Å²) >= 11 is 0. The number of rotatable bonds is 5. The second-order valence-corrected chi connectivity index (χ2v) is 6.54. The molecule has 0 bridgehead atoms. The molecule has 0 atom stereocenters. The van der Waals surface area contributed by atoms with Crippen molar-refractivity contribution in [3.8, 4) is 11.5 Å². The maximum atomic E-state index is 12.6. The Morgan fingerprint density at radius 2 is 1.48 bits per heavy atom. The standard InChI is InChI=1S/C21H24N2O4/c1-14-18(26-2)12-16(13-19(14)27-3)20(24)22-17-8-6-15(7-9-17)21(25)23-10-4-5-11-23/h6-9,12-13H,4-5,10-11H2,1-3H3,(H,22,24). The summed E-state index contributed by atoms with van der Waals surface area (Å²) in [5, 5.41) is 2.84. The van der Waals surface area contributed by atoms with Gasteiger partial charge in [0.15, 0.2) is 0 Å². The van der Waals surface area contributed by atoms with E-state index in [1.54, 1.807) is 50.6 Å². The fourth-order valence-corrected chi connectivity index (χ4v) is 3.22. The van der Waals surface area contributed by atoms with Crippen molar-refractivity contribution in [1.82, 2.24) is 4.90 Å². The molecular weight excluding hydrogens is 344 g/mol. The zero-order valence-electron chi connectivity index (χ0n) is 15.9. The van der Waals surface area contributed by atoms with Crippen molar-refractivity contribution >= 4 is 17.5 Å². The number of hydrogen-bond acceptors (Lipinski definition) is 4. The van der Waals surface area contributed by atoms with Gasteiger partial charge in [0.05, 0.1) is 14.2 Å². The van der Waals surface area contributed by atoms with Gasteiger partial charge in [-0.05, 0) is 56.2 Å². The number of hydrogen-bond donors (Lipinski definition) is 1. The highest BCUT2D eigenvalue weighted by Gasteiger charge is 2.19. The molecule has 142 valence electrons. The van der Waals surface area contributed by atoms with E-state index in [9.17, 15) is 9.59 Å². The van der Waals surface area contributed by atoms with Crippen LogP contribution in [-0.2, 0) is 0 Å². The van der Waals surface area contributed by atoms with Gasteiger partial charge in [-0.2, -0.15) is 0 Å². The van der Waals surface area contributed by atoms with Crippen molar-refractivity contribution in [2.45, 2.75) is 19.8 Å². The number of nitrogens with zero attached hydrogens (tertiary/aromatic N) is 1. The molecule has 0 unspecified atom stereocenters. The minimum atomic E-state index is -0.273. The first kappa shape index (κ1) is 18.8. The molecule has 2 amide bonds. The smallest absolute Gasteiger partial charge is 0.255 e. The number of anilines is 1. The monoisotopic (exact) mass is 368 g/mol. The molecule has 1 N–H and O–H groups in total. The van der Waals surface area contributed by atoms with Crippen molar-refractivity contribution in [2.24, 2.45) is 0 Å². The number of likely N-dealkylation sites (tertiary alicyclic amines) is 1. The van der Waals surface area contributed by atoms with Gasteiger partial charge in [0.2, 0.25) is 0 Å². The molecule has 6 heteroatoms. The van der Waals surface area contributed by atoms with E-state index in [1.807, 2.05) is 11.8 Å². The number of benzene rings is 2. The number of amides is 2. The van der Waals surface area contributed by atoms with Crippen LogP contribution in [0.4, 0.5) is 5.69 Å². The van der Waals surface area contributed by atoms with Crippen molar-refractivity contribution in [3.63, 3.8) is 0 Å². The van der Waals surface area contributed by atoms with E-state index in [-0.39, 0.29) is 11.8 Å². The highest BCUT2D eigenvalue weighted by molar-refractivity contribution is 6.05. The predicted molar refractivity (Wildman–Crippen MR) is 104 cm³/mol. The third-order valence-electron chi connectivity index (χ3n) is 4.80. The second-order valence-electron chi connectivity index (χ2n) is 6.54. The number of carbonyl (C=O) groups is 2. The Morgan fingerprint density at radius 1 is 0.926 bits per heavy atom. The van der Waals surface area contributed by atoms with E-state index in [2.05, 4.69) is 5.32 Å². The van der Waals surface area contributed by atoms with Crippen molar-refractivity contribution in [2.75, 3.05) is 32.6 Å². The third kappa shape index (κ3) is 4.05. The highest BCUT2D eigenvalue weighted by Crippen LogP contribution is 2.29. The average Bonchev–Trinajstić information content (AvgIpc) is 3.23. The lowest BCUT2D eigenvalue weighted by Crippen LogP contribution is -2.27. The van der Waals surface area contributed by atoms with E-state index >= 15 is 0 Å². The molecule has 27 heavy (non-hydrogen) atoms. The minimum Gasteiger partial charge on any atom is -0.496 e. The number of nitrogens with one attached hydrogen (secondary N) is 1. The normalized spacial score (nSPS) is 13.4. The Kier molecular flexibility index (Phi) is 5.64. The molecule has 0 spiro atoms. The van der Waals surface area contributed by atoms with Gasteiger partial charge in [0.1, 0.15) is 11.5 Å². The Balaban J connectivity index is 1.73.